The van der Waals surface area contributed by atoms with Crippen LogP contribution in [-0.4, -0.2) is 48.4 Å². The molecule has 132 valence electrons. The van der Waals surface area contributed by atoms with Crippen LogP contribution in [0.25, 0.3) is 0 Å². The minimum atomic E-state index is 0.0791. The number of amides is 1. The standard InChI is InChI=1S/C19H21Cl2N3O/c20-16-6-7-17(21)18(12-16)22-13-19(25)24-10-8-23(9-11-24)14-15-4-2-1-3-5-15/h1-7,12,22H,8-11,13-14H2. The largest absolute Gasteiger partial charge is 0.375 e. The molecule has 1 aliphatic rings. The summed E-state index contributed by atoms with van der Waals surface area (Å²) in [5, 5.41) is 4.23. The van der Waals surface area contributed by atoms with Crippen molar-refractivity contribution < 1.29 is 4.79 Å². The summed E-state index contributed by atoms with van der Waals surface area (Å²) in [5.74, 6) is 0.0791. The zero-order valence-electron chi connectivity index (χ0n) is 13.9. The first-order valence-corrected chi connectivity index (χ1v) is 9.10. The molecule has 3 rings (SSSR count). The van der Waals surface area contributed by atoms with Gasteiger partial charge in [0.05, 0.1) is 17.3 Å². The SMILES string of the molecule is O=C(CNc1cc(Cl)ccc1Cl)N1CCN(Cc2ccccc2)CC1. The van der Waals surface area contributed by atoms with Crippen molar-refractivity contribution in [1.29, 1.82) is 0 Å². The number of halogens is 2. The minimum absolute atomic E-state index is 0.0791. The molecule has 4 nitrogen and oxygen atoms in total. The predicted octanol–water partition coefficient (Wildman–Crippen LogP) is 3.75. The van der Waals surface area contributed by atoms with E-state index < -0.39 is 0 Å². The van der Waals surface area contributed by atoms with E-state index in [2.05, 4.69) is 34.5 Å². The van der Waals surface area contributed by atoms with Crippen molar-refractivity contribution in [2.75, 3.05) is 38.0 Å². The lowest BCUT2D eigenvalue weighted by Gasteiger charge is -2.35. The first-order valence-electron chi connectivity index (χ1n) is 8.35. The Morgan fingerprint density at radius 3 is 2.44 bits per heavy atom. The summed E-state index contributed by atoms with van der Waals surface area (Å²) in [6.07, 6.45) is 0. The van der Waals surface area contributed by atoms with E-state index in [-0.39, 0.29) is 12.5 Å². The Balaban J connectivity index is 1.46. The molecule has 1 saturated heterocycles. The topological polar surface area (TPSA) is 35.6 Å². The number of hydrogen-bond acceptors (Lipinski definition) is 3. The van der Waals surface area contributed by atoms with Gasteiger partial charge in [-0.05, 0) is 23.8 Å². The summed E-state index contributed by atoms with van der Waals surface area (Å²) in [4.78, 5) is 16.7. The molecule has 2 aromatic rings. The second-order valence-corrected chi connectivity index (χ2v) is 6.96. The maximum absolute atomic E-state index is 12.4. The Morgan fingerprint density at radius 1 is 1.00 bits per heavy atom. The highest BCUT2D eigenvalue weighted by atomic mass is 35.5. The summed E-state index contributed by atoms with van der Waals surface area (Å²) in [6, 6.07) is 15.6. The van der Waals surface area contributed by atoms with Gasteiger partial charge in [-0.2, -0.15) is 0 Å². The summed E-state index contributed by atoms with van der Waals surface area (Å²) in [6.45, 7) is 4.42. The number of nitrogens with one attached hydrogen (secondary N) is 1. The molecule has 0 saturated carbocycles. The molecular weight excluding hydrogens is 357 g/mol. The van der Waals surface area contributed by atoms with Gasteiger partial charge in [0.1, 0.15) is 0 Å². The van der Waals surface area contributed by atoms with Crippen molar-refractivity contribution >= 4 is 34.8 Å². The third-order valence-electron chi connectivity index (χ3n) is 4.33. The van der Waals surface area contributed by atoms with Gasteiger partial charge in [0.25, 0.3) is 0 Å². The van der Waals surface area contributed by atoms with E-state index in [1.807, 2.05) is 11.0 Å². The van der Waals surface area contributed by atoms with Gasteiger partial charge in [-0.15, -0.1) is 0 Å². The highest BCUT2D eigenvalue weighted by Crippen LogP contribution is 2.25. The third-order valence-corrected chi connectivity index (χ3v) is 4.90. The van der Waals surface area contributed by atoms with Crippen molar-refractivity contribution in [3.8, 4) is 0 Å². The van der Waals surface area contributed by atoms with Gasteiger partial charge in [-0.3, -0.25) is 9.69 Å². The fourth-order valence-corrected chi connectivity index (χ4v) is 3.27. The van der Waals surface area contributed by atoms with Crippen molar-refractivity contribution in [2.45, 2.75) is 6.54 Å². The lowest BCUT2D eigenvalue weighted by atomic mass is 10.2. The Morgan fingerprint density at radius 2 is 1.72 bits per heavy atom. The predicted molar refractivity (Wildman–Crippen MR) is 103 cm³/mol. The van der Waals surface area contributed by atoms with Crippen LogP contribution in [0.4, 0.5) is 5.69 Å². The van der Waals surface area contributed by atoms with E-state index in [1.165, 1.54) is 5.56 Å². The molecule has 0 aromatic heterocycles. The van der Waals surface area contributed by atoms with Crippen molar-refractivity contribution in [1.82, 2.24) is 9.80 Å². The second kappa shape index (κ2) is 8.56. The van der Waals surface area contributed by atoms with Gasteiger partial charge in [-0.1, -0.05) is 53.5 Å². The third kappa shape index (κ3) is 5.11. The average Bonchev–Trinajstić information content (AvgIpc) is 2.64. The molecule has 0 unspecified atom stereocenters. The normalized spacial score (nSPS) is 15.2. The Bertz CT molecular complexity index is 716. The van der Waals surface area contributed by atoms with E-state index in [1.54, 1.807) is 18.2 Å². The molecule has 0 atom stereocenters. The molecule has 1 fully saturated rings. The lowest BCUT2D eigenvalue weighted by Crippen LogP contribution is -2.49. The van der Waals surface area contributed by atoms with Crippen LogP contribution < -0.4 is 5.32 Å². The number of nitrogens with zero attached hydrogens (tertiary/aromatic N) is 2. The molecule has 0 aliphatic carbocycles. The van der Waals surface area contributed by atoms with Gasteiger partial charge in [0, 0.05) is 37.7 Å². The number of carbonyl (C=O) groups is 1. The maximum atomic E-state index is 12.4. The first kappa shape index (κ1) is 18.1. The molecule has 0 spiro atoms. The van der Waals surface area contributed by atoms with Crippen LogP contribution in [0.2, 0.25) is 10.0 Å². The highest BCUT2D eigenvalue weighted by molar-refractivity contribution is 6.35. The molecule has 6 heteroatoms. The quantitative estimate of drug-likeness (QED) is 0.861. The average molecular weight is 378 g/mol. The van der Waals surface area contributed by atoms with Crippen LogP contribution >= 0.6 is 23.2 Å². The molecule has 1 heterocycles. The lowest BCUT2D eigenvalue weighted by molar-refractivity contribution is -0.131. The molecule has 0 bridgehead atoms. The number of anilines is 1. The summed E-state index contributed by atoms with van der Waals surface area (Å²) in [7, 11) is 0. The Kier molecular flexibility index (Phi) is 6.19. The Labute approximate surface area is 158 Å². The number of rotatable bonds is 5. The fraction of sp³-hybridized carbons (Fsp3) is 0.316. The van der Waals surface area contributed by atoms with Gasteiger partial charge in [0.2, 0.25) is 5.91 Å². The monoisotopic (exact) mass is 377 g/mol. The number of hydrogen-bond donors (Lipinski definition) is 1. The minimum Gasteiger partial charge on any atom is -0.375 e. The van der Waals surface area contributed by atoms with Crippen LogP contribution in [-0.2, 0) is 11.3 Å². The zero-order valence-corrected chi connectivity index (χ0v) is 15.4. The van der Waals surface area contributed by atoms with Crippen LogP contribution in [0.5, 0.6) is 0 Å². The Hall–Kier alpha value is -1.75. The second-order valence-electron chi connectivity index (χ2n) is 6.12. The van der Waals surface area contributed by atoms with E-state index in [4.69, 9.17) is 23.2 Å². The number of piperazine rings is 1. The molecule has 1 amide bonds. The van der Waals surface area contributed by atoms with Gasteiger partial charge in [-0.25, -0.2) is 0 Å². The summed E-state index contributed by atoms with van der Waals surface area (Å²) < 4.78 is 0. The first-order chi connectivity index (χ1) is 12.1. The summed E-state index contributed by atoms with van der Waals surface area (Å²) >= 11 is 12.1. The molecular formula is C19H21Cl2N3O. The van der Waals surface area contributed by atoms with Crippen molar-refractivity contribution in [2.24, 2.45) is 0 Å². The molecule has 1 aliphatic heterocycles. The number of benzene rings is 2. The van der Waals surface area contributed by atoms with E-state index in [0.29, 0.717) is 15.7 Å². The highest BCUT2D eigenvalue weighted by Gasteiger charge is 2.21. The van der Waals surface area contributed by atoms with Crippen molar-refractivity contribution in [3.63, 3.8) is 0 Å². The van der Waals surface area contributed by atoms with E-state index in [0.717, 1.165) is 32.7 Å². The molecule has 2 aromatic carbocycles. The molecule has 25 heavy (non-hydrogen) atoms. The van der Waals surface area contributed by atoms with E-state index in [9.17, 15) is 4.79 Å². The number of carbonyl (C=O) groups excluding carboxylic acids is 1. The zero-order chi connectivity index (χ0) is 17.6. The fourth-order valence-electron chi connectivity index (χ4n) is 2.91. The molecule has 1 N–H and O–H groups in total. The van der Waals surface area contributed by atoms with Gasteiger partial charge < -0.3 is 10.2 Å². The molecule has 0 radical (unpaired) electrons. The maximum Gasteiger partial charge on any atom is 0.241 e. The summed E-state index contributed by atoms with van der Waals surface area (Å²) in [5.41, 5.74) is 1.99. The van der Waals surface area contributed by atoms with Crippen LogP contribution in [0.3, 0.4) is 0 Å². The smallest absolute Gasteiger partial charge is 0.241 e. The van der Waals surface area contributed by atoms with Crippen molar-refractivity contribution in [3.05, 3.63) is 64.1 Å². The van der Waals surface area contributed by atoms with Gasteiger partial charge in [0.15, 0.2) is 0 Å². The van der Waals surface area contributed by atoms with E-state index >= 15 is 0 Å². The van der Waals surface area contributed by atoms with Crippen LogP contribution in [0.15, 0.2) is 48.5 Å². The van der Waals surface area contributed by atoms with Gasteiger partial charge >= 0.3 is 0 Å². The van der Waals surface area contributed by atoms with Crippen LogP contribution in [0, 0.1) is 0 Å². The van der Waals surface area contributed by atoms with Crippen LogP contribution in [0.1, 0.15) is 5.56 Å².